The lowest BCUT2D eigenvalue weighted by Crippen LogP contribution is -2.26. The minimum Gasteiger partial charge on any atom is -0.352 e. The van der Waals surface area contributed by atoms with Gasteiger partial charge >= 0.3 is 6.18 Å². The first-order valence-corrected chi connectivity index (χ1v) is 7.74. The Morgan fingerprint density at radius 2 is 2.05 bits per heavy atom. The number of nitrogens with two attached hydrogens (primary N) is 1. The van der Waals surface area contributed by atoms with E-state index in [9.17, 15) is 22.2 Å². The van der Waals surface area contributed by atoms with Crippen molar-refractivity contribution < 1.29 is 22.2 Å². The molecule has 1 aromatic carbocycles. The van der Waals surface area contributed by atoms with Gasteiger partial charge in [-0.2, -0.15) is 13.2 Å². The van der Waals surface area contributed by atoms with Gasteiger partial charge in [0.2, 0.25) is 0 Å². The molecule has 0 aliphatic rings. The Morgan fingerprint density at radius 1 is 1.38 bits per heavy atom. The van der Waals surface area contributed by atoms with Crippen molar-refractivity contribution in [1.82, 2.24) is 5.32 Å². The molecular formula is C12H16F3N3O2S. The van der Waals surface area contributed by atoms with Gasteiger partial charge in [0.1, 0.15) is 0 Å². The Hall–Kier alpha value is -1.61. The molecule has 0 aromatic heterocycles. The van der Waals surface area contributed by atoms with Crippen LogP contribution in [0.4, 0.5) is 18.9 Å². The molecule has 5 nitrogen and oxygen atoms in total. The number of hydrogen-bond donors (Lipinski definition) is 3. The van der Waals surface area contributed by atoms with Crippen LogP contribution < -0.4 is 16.6 Å². The molecule has 0 bridgehead atoms. The van der Waals surface area contributed by atoms with Crippen LogP contribution in [-0.4, -0.2) is 28.7 Å². The first-order chi connectivity index (χ1) is 9.75. The highest BCUT2D eigenvalue weighted by molar-refractivity contribution is 7.84. The molecule has 0 fully saturated rings. The summed E-state index contributed by atoms with van der Waals surface area (Å²) in [7, 11) is -0.967. The van der Waals surface area contributed by atoms with Gasteiger partial charge < -0.3 is 10.7 Å². The average Bonchev–Trinajstić information content (AvgIpc) is 2.41. The lowest BCUT2D eigenvalue weighted by atomic mass is 10.1. The number of rotatable bonds is 6. The molecule has 1 rings (SSSR count). The monoisotopic (exact) mass is 323 g/mol. The predicted molar refractivity (Wildman–Crippen MR) is 75.1 cm³/mol. The maximum Gasteiger partial charge on any atom is 0.418 e. The summed E-state index contributed by atoms with van der Waals surface area (Å²) in [5, 5.41) is 2.48. The van der Waals surface area contributed by atoms with E-state index in [2.05, 4.69) is 5.32 Å². The summed E-state index contributed by atoms with van der Waals surface area (Å²) in [4.78, 5) is 11.8. The van der Waals surface area contributed by atoms with Crippen molar-refractivity contribution >= 4 is 22.4 Å². The summed E-state index contributed by atoms with van der Waals surface area (Å²) in [5.74, 6) is 4.82. The number of nitrogens with one attached hydrogen (secondary N) is 2. The molecule has 0 saturated heterocycles. The molecule has 0 radical (unpaired) electrons. The largest absolute Gasteiger partial charge is 0.418 e. The summed E-state index contributed by atoms with van der Waals surface area (Å²) in [6.07, 6.45) is -2.59. The van der Waals surface area contributed by atoms with Gasteiger partial charge in [0.05, 0.1) is 11.3 Å². The van der Waals surface area contributed by atoms with Crippen LogP contribution in [0.5, 0.6) is 0 Å². The van der Waals surface area contributed by atoms with E-state index in [-0.39, 0.29) is 17.8 Å². The molecule has 0 aliphatic heterocycles. The maximum absolute atomic E-state index is 12.8. The van der Waals surface area contributed by atoms with Crippen molar-refractivity contribution in [2.24, 2.45) is 5.84 Å². The predicted octanol–water partition coefficient (Wildman–Crippen LogP) is 1.49. The number of carbonyl (C=O) groups is 1. The van der Waals surface area contributed by atoms with Crippen molar-refractivity contribution in [1.29, 1.82) is 0 Å². The van der Waals surface area contributed by atoms with Gasteiger partial charge in [0, 0.05) is 34.9 Å². The Morgan fingerprint density at radius 3 is 2.57 bits per heavy atom. The second-order valence-corrected chi connectivity index (χ2v) is 5.84. The number of hydrogen-bond acceptors (Lipinski definition) is 4. The van der Waals surface area contributed by atoms with Gasteiger partial charge in [-0.1, -0.05) is 0 Å². The normalized spacial score (nSPS) is 12.8. The van der Waals surface area contributed by atoms with Gasteiger partial charge in [0.25, 0.3) is 5.91 Å². The van der Waals surface area contributed by atoms with Crippen molar-refractivity contribution in [2.45, 2.75) is 12.6 Å². The summed E-state index contributed by atoms with van der Waals surface area (Å²) in [6.45, 7) is 0.247. The van der Waals surface area contributed by atoms with Crippen LogP contribution in [0.2, 0.25) is 0 Å². The molecule has 1 atom stereocenters. The van der Waals surface area contributed by atoms with E-state index < -0.39 is 28.4 Å². The van der Waals surface area contributed by atoms with Gasteiger partial charge in [0.15, 0.2) is 0 Å². The highest BCUT2D eigenvalue weighted by Crippen LogP contribution is 2.35. The van der Waals surface area contributed by atoms with Gasteiger partial charge in [-0.05, 0) is 24.6 Å². The molecule has 1 unspecified atom stereocenters. The standard InChI is InChI=1S/C12H16F3N3O2S/c1-21(20)6-2-5-17-11(19)8-3-4-10(18-16)9(7-8)12(13,14)15/h3-4,7,18H,2,5-6,16H2,1H3,(H,17,19). The molecule has 0 heterocycles. The zero-order chi connectivity index (χ0) is 16.0. The summed E-state index contributed by atoms with van der Waals surface area (Å²) in [5.41, 5.74) is 0.523. The van der Waals surface area contributed by atoms with Crippen LogP contribution in [0.1, 0.15) is 22.3 Å². The molecule has 118 valence electrons. The molecule has 0 spiro atoms. The molecule has 0 aliphatic carbocycles. The zero-order valence-electron chi connectivity index (χ0n) is 11.3. The first kappa shape index (κ1) is 17.4. The summed E-state index contributed by atoms with van der Waals surface area (Å²) < 4.78 is 49.3. The highest BCUT2D eigenvalue weighted by atomic mass is 32.2. The van der Waals surface area contributed by atoms with Crippen LogP contribution in [0.3, 0.4) is 0 Å². The number of nitrogen functional groups attached to an aromatic ring is 1. The summed E-state index contributed by atoms with van der Waals surface area (Å²) in [6, 6.07) is 3.08. The van der Waals surface area contributed by atoms with Crippen LogP contribution in [0, 0.1) is 0 Å². The summed E-state index contributed by atoms with van der Waals surface area (Å²) >= 11 is 0. The Balaban J connectivity index is 2.79. The van der Waals surface area contributed by atoms with Crippen LogP contribution in [0.15, 0.2) is 18.2 Å². The van der Waals surface area contributed by atoms with Gasteiger partial charge in [-0.3, -0.25) is 14.8 Å². The van der Waals surface area contributed by atoms with Crippen LogP contribution in [0.25, 0.3) is 0 Å². The Labute approximate surface area is 122 Å². The Kier molecular flexibility index (Phi) is 6.16. The highest BCUT2D eigenvalue weighted by Gasteiger charge is 2.34. The SMILES string of the molecule is CS(=O)CCCNC(=O)c1ccc(NN)c(C(F)(F)F)c1. The average molecular weight is 323 g/mol. The van der Waals surface area contributed by atoms with Crippen molar-refractivity contribution in [3.63, 3.8) is 0 Å². The fourth-order valence-electron chi connectivity index (χ4n) is 1.63. The lowest BCUT2D eigenvalue weighted by molar-refractivity contribution is -0.137. The topological polar surface area (TPSA) is 84.2 Å². The third kappa shape index (κ3) is 5.35. The molecule has 1 amide bonds. The van der Waals surface area contributed by atoms with E-state index in [1.54, 1.807) is 0 Å². The van der Waals surface area contributed by atoms with Crippen LogP contribution >= 0.6 is 0 Å². The molecule has 0 saturated carbocycles. The molecule has 9 heteroatoms. The van der Waals surface area contributed by atoms with E-state index in [1.165, 1.54) is 12.3 Å². The number of anilines is 1. The van der Waals surface area contributed by atoms with Crippen molar-refractivity contribution in [3.05, 3.63) is 29.3 Å². The fraction of sp³-hybridized carbons (Fsp3) is 0.417. The number of hydrazine groups is 1. The molecule has 21 heavy (non-hydrogen) atoms. The number of carbonyl (C=O) groups excluding carboxylic acids is 1. The van der Waals surface area contributed by atoms with Crippen LogP contribution in [-0.2, 0) is 17.0 Å². The number of halogens is 3. The minimum absolute atomic E-state index is 0.112. The maximum atomic E-state index is 12.8. The van der Waals surface area contributed by atoms with E-state index in [1.807, 2.05) is 5.43 Å². The number of alkyl halides is 3. The first-order valence-electron chi connectivity index (χ1n) is 6.01. The van der Waals surface area contributed by atoms with Crippen molar-refractivity contribution in [3.8, 4) is 0 Å². The van der Waals surface area contributed by atoms with E-state index in [0.29, 0.717) is 12.2 Å². The van der Waals surface area contributed by atoms with Crippen molar-refractivity contribution in [2.75, 3.05) is 24.0 Å². The second-order valence-electron chi connectivity index (χ2n) is 4.29. The zero-order valence-corrected chi connectivity index (χ0v) is 12.1. The smallest absolute Gasteiger partial charge is 0.352 e. The minimum atomic E-state index is -4.61. The Bertz CT molecular complexity index is 535. The molecule has 4 N–H and O–H groups in total. The van der Waals surface area contributed by atoms with E-state index >= 15 is 0 Å². The molecular weight excluding hydrogens is 307 g/mol. The van der Waals surface area contributed by atoms with E-state index in [4.69, 9.17) is 5.84 Å². The third-order valence-corrected chi connectivity index (χ3v) is 3.50. The van der Waals surface area contributed by atoms with Gasteiger partial charge in [-0.15, -0.1) is 0 Å². The fourth-order valence-corrected chi connectivity index (χ4v) is 2.18. The number of benzene rings is 1. The third-order valence-electron chi connectivity index (χ3n) is 2.64. The van der Waals surface area contributed by atoms with E-state index in [0.717, 1.165) is 12.1 Å². The quantitative estimate of drug-likeness (QED) is 0.421. The number of amides is 1. The van der Waals surface area contributed by atoms with Gasteiger partial charge in [-0.25, -0.2) is 0 Å². The lowest BCUT2D eigenvalue weighted by Gasteiger charge is -2.14. The molecule has 1 aromatic rings. The second kappa shape index (κ2) is 7.41.